The Kier molecular flexibility index (Phi) is 5.71. The summed E-state index contributed by atoms with van der Waals surface area (Å²) in [6, 6.07) is 15.1. The van der Waals surface area contributed by atoms with Gasteiger partial charge >= 0.3 is 0 Å². The smallest absolute Gasteiger partial charge is 0.268 e. The average Bonchev–Trinajstić information content (AvgIpc) is 3.55. The van der Waals surface area contributed by atoms with Gasteiger partial charge < -0.3 is 4.42 Å². The van der Waals surface area contributed by atoms with Crippen LogP contribution in [0, 0.1) is 0 Å². The lowest BCUT2D eigenvalue weighted by atomic mass is 9.97. The number of imidazole rings is 1. The predicted octanol–water partition coefficient (Wildman–Crippen LogP) is 5.83. The van der Waals surface area contributed by atoms with Gasteiger partial charge in [-0.25, -0.2) is 14.6 Å². The number of rotatable bonds is 5. The molecule has 5 rings (SSSR count). The van der Waals surface area contributed by atoms with Gasteiger partial charge in [0.1, 0.15) is 18.5 Å². The molecule has 3 aromatic heterocycles. The molecule has 0 aliphatic carbocycles. The number of nitrogens with zero attached hydrogens (tertiary/aromatic N) is 7. The molecule has 0 amide bonds. The maximum absolute atomic E-state index is 6.60. The second-order valence-electron chi connectivity index (χ2n) is 8.78. The van der Waals surface area contributed by atoms with E-state index in [0.717, 1.165) is 16.9 Å². The lowest BCUT2D eigenvalue weighted by Gasteiger charge is -2.14. The van der Waals surface area contributed by atoms with Gasteiger partial charge in [0.15, 0.2) is 5.69 Å². The molecule has 0 aliphatic heterocycles. The molecule has 0 bridgehead atoms. The zero-order valence-electron chi connectivity index (χ0n) is 18.8. The van der Waals surface area contributed by atoms with Crippen LogP contribution in [-0.4, -0.2) is 34.5 Å². The van der Waals surface area contributed by atoms with Crippen molar-refractivity contribution in [3.8, 4) is 28.7 Å². The van der Waals surface area contributed by atoms with Crippen molar-refractivity contribution in [3.05, 3.63) is 82.8 Å². The van der Waals surface area contributed by atoms with Crippen molar-refractivity contribution in [2.45, 2.75) is 32.7 Å². The molecule has 0 aliphatic rings. The van der Waals surface area contributed by atoms with Gasteiger partial charge in [0.2, 0.25) is 5.89 Å². The summed E-state index contributed by atoms with van der Waals surface area (Å²) in [6.45, 7) is 6.41. The fourth-order valence-corrected chi connectivity index (χ4v) is 3.90. The van der Waals surface area contributed by atoms with Crippen LogP contribution in [0.25, 0.3) is 28.7 Å². The first-order valence-corrected chi connectivity index (χ1v) is 11.4. The predicted molar refractivity (Wildman–Crippen MR) is 130 cm³/mol. The summed E-state index contributed by atoms with van der Waals surface area (Å²) in [5.41, 5.74) is 2.64. The van der Waals surface area contributed by atoms with Gasteiger partial charge in [-0.15, -0.1) is 10.2 Å². The third kappa shape index (κ3) is 4.22. The molecule has 0 saturated heterocycles. The number of benzene rings is 2. The fourth-order valence-electron chi connectivity index (χ4n) is 3.55. The van der Waals surface area contributed by atoms with Crippen LogP contribution in [-0.2, 0) is 12.0 Å². The molecular formula is C24H21Cl2N7O. The quantitative estimate of drug-likeness (QED) is 0.305. The van der Waals surface area contributed by atoms with Crippen molar-refractivity contribution < 1.29 is 4.42 Å². The van der Waals surface area contributed by atoms with Gasteiger partial charge in [0.25, 0.3) is 5.89 Å². The summed E-state index contributed by atoms with van der Waals surface area (Å²) < 4.78 is 9.81. The van der Waals surface area contributed by atoms with E-state index >= 15 is 0 Å². The minimum absolute atomic E-state index is 0.304. The molecule has 0 spiro atoms. The maximum atomic E-state index is 6.60. The first-order chi connectivity index (χ1) is 16.3. The molecule has 10 heteroatoms. The zero-order valence-corrected chi connectivity index (χ0v) is 20.3. The molecule has 2 aromatic carbocycles. The molecule has 0 fully saturated rings. The lowest BCUT2D eigenvalue weighted by Crippen LogP contribution is -2.11. The highest BCUT2D eigenvalue weighted by atomic mass is 35.5. The van der Waals surface area contributed by atoms with Crippen molar-refractivity contribution in [3.63, 3.8) is 0 Å². The van der Waals surface area contributed by atoms with Gasteiger partial charge in [0, 0.05) is 21.7 Å². The third-order valence-electron chi connectivity index (χ3n) is 5.22. The van der Waals surface area contributed by atoms with Crippen LogP contribution in [0.1, 0.15) is 32.4 Å². The summed E-state index contributed by atoms with van der Waals surface area (Å²) in [5, 5.41) is 14.1. The van der Waals surface area contributed by atoms with Gasteiger partial charge in [0.05, 0.1) is 17.3 Å². The van der Waals surface area contributed by atoms with Crippen molar-refractivity contribution in [1.82, 2.24) is 34.5 Å². The molecular weight excluding hydrogens is 473 g/mol. The number of aromatic nitrogens is 7. The fraction of sp³-hybridized carbons (Fsp3) is 0.208. The SMILES string of the molecule is CC(C)(C)c1nnc(-c2nc(-c3ccccc3Cl)n(-c3ccc(Cl)cc3)c2Cn2cncn2)o1. The van der Waals surface area contributed by atoms with E-state index in [2.05, 4.69) is 20.3 Å². The molecule has 0 unspecified atom stereocenters. The third-order valence-corrected chi connectivity index (χ3v) is 5.80. The molecule has 3 heterocycles. The molecule has 34 heavy (non-hydrogen) atoms. The van der Waals surface area contributed by atoms with Crippen LogP contribution in [0.2, 0.25) is 10.0 Å². The molecule has 5 aromatic rings. The van der Waals surface area contributed by atoms with Crippen LogP contribution in [0.5, 0.6) is 0 Å². The average molecular weight is 494 g/mol. The largest absolute Gasteiger partial charge is 0.419 e. The summed E-state index contributed by atoms with van der Waals surface area (Å²) in [4.78, 5) is 9.06. The van der Waals surface area contributed by atoms with Gasteiger partial charge in [-0.2, -0.15) is 5.10 Å². The summed E-state index contributed by atoms with van der Waals surface area (Å²) in [5.74, 6) is 1.48. The lowest BCUT2D eigenvalue weighted by molar-refractivity contribution is 0.398. The van der Waals surface area contributed by atoms with E-state index in [4.69, 9.17) is 32.6 Å². The van der Waals surface area contributed by atoms with Crippen molar-refractivity contribution >= 4 is 23.2 Å². The van der Waals surface area contributed by atoms with Gasteiger partial charge in [-0.3, -0.25) is 4.57 Å². The molecule has 0 N–H and O–H groups in total. The highest BCUT2D eigenvalue weighted by Crippen LogP contribution is 2.36. The molecule has 172 valence electrons. The maximum Gasteiger partial charge on any atom is 0.268 e. The molecule has 0 radical (unpaired) electrons. The van der Waals surface area contributed by atoms with Crippen LogP contribution in [0.3, 0.4) is 0 Å². The normalized spacial score (nSPS) is 11.8. The topological polar surface area (TPSA) is 87.5 Å². The standard InChI is InChI=1S/C24H21Cl2N7O/c1-24(2,3)23-31-30-22(34-23)20-19(12-32-14-27-13-28-32)33(16-10-8-15(25)9-11-16)21(29-20)17-6-4-5-7-18(17)26/h4-11,13-14H,12H2,1-3H3. The second kappa shape index (κ2) is 8.70. The van der Waals surface area contributed by atoms with Crippen LogP contribution in [0.15, 0.2) is 65.6 Å². The second-order valence-corrected chi connectivity index (χ2v) is 9.62. The van der Waals surface area contributed by atoms with Crippen LogP contribution < -0.4 is 0 Å². The Labute approximate surface area is 206 Å². The van der Waals surface area contributed by atoms with E-state index in [1.165, 1.54) is 6.33 Å². The Morgan fingerprint density at radius 1 is 0.971 bits per heavy atom. The highest BCUT2D eigenvalue weighted by Gasteiger charge is 2.28. The van der Waals surface area contributed by atoms with Crippen molar-refractivity contribution in [2.24, 2.45) is 0 Å². The summed E-state index contributed by atoms with van der Waals surface area (Å²) in [6.07, 6.45) is 3.13. The molecule has 0 saturated carbocycles. The number of hydrogen-bond acceptors (Lipinski definition) is 6. The Hall–Kier alpha value is -3.49. The van der Waals surface area contributed by atoms with Crippen LogP contribution >= 0.6 is 23.2 Å². The van der Waals surface area contributed by atoms with E-state index in [1.807, 2.05) is 73.9 Å². The number of halogens is 2. The van der Waals surface area contributed by atoms with E-state index in [-0.39, 0.29) is 5.41 Å². The number of hydrogen-bond donors (Lipinski definition) is 0. The van der Waals surface area contributed by atoms with Gasteiger partial charge in [-0.05, 0) is 36.4 Å². The van der Waals surface area contributed by atoms with Crippen molar-refractivity contribution in [2.75, 3.05) is 0 Å². The van der Waals surface area contributed by atoms with E-state index in [9.17, 15) is 0 Å². The first kappa shape index (κ1) is 22.3. The molecule has 8 nitrogen and oxygen atoms in total. The first-order valence-electron chi connectivity index (χ1n) is 10.6. The van der Waals surface area contributed by atoms with Gasteiger partial charge in [-0.1, -0.05) is 56.1 Å². The Balaban J connectivity index is 1.80. The minimum atomic E-state index is -0.304. The van der Waals surface area contributed by atoms with Crippen molar-refractivity contribution in [1.29, 1.82) is 0 Å². The summed E-state index contributed by atoms with van der Waals surface area (Å²) >= 11 is 12.8. The van der Waals surface area contributed by atoms with E-state index in [1.54, 1.807) is 11.0 Å². The van der Waals surface area contributed by atoms with E-state index < -0.39 is 0 Å². The monoisotopic (exact) mass is 493 g/mol. The minimum Gasteiger partial charge on any atom is -0.419 e. The van der Waals surface area contributed by atoms with E-state index in [0.29, 0.717) is 39.9 Å². The zero-order chi connectivity index (χ0) is 23.9. The highest BCUT2D eigenvalue weighted by molar-refractivity contribution is 6.33. The summed E-state index contributed by atoms with van der Waals surface area (Å²) in [7, 11) is 0. The molecule has 0 atom stereocenters. The Morgan fingerprint density at radius 3 is 2.38 bits per heavy atom. The Morgan fingerprint density at radius 2 is 1.74 bits per heavy atom. The van der Waals surface area contributed by atoms with Crippen LogP contribution in [0.4, 0.5) is 0 Å². The Bertz CT molecular complexity index is 1430.